The Morgan fingerprint density at radius 3 is 2.75 bits per heavy atom. The monoisotopic (exact) mass is 271 g/mol. The Kier molecular flexibility index (Phi) is 3.77. The molecule has 0 aliphatic rings. The Balaban J connectivity index is 2.33. The highest BCUT2D eigenvalue weighted by Gasteiger charge is 2.13. The summed E-state index contributed by atoms with van der Waals surface area (Å²) in [5.41, 5.74) is 0.116. The van der Waals surface area contributed by atoms with Gasteiger partial charge in [-0.2, -0.15) is 5.26 Å². The van der Waals surface area contributed by atoms with Crippen molar-refractivity contribution in [2.24, 2.45) is 0 Å². The summed E-state index contributed by atoms with van der Waals surface area (Å²) < 4.78 is 10.6. The lowest BCUT2D eigenvalue weighted by atomic mass is 10.2. The van der Waals surface area contributed by atoms with Crippen LogP contribution in [0.3, 0.4) is 0 Å². The van der Waals surface area contributed by atoms with Crippen molar-refractivity contribution in [1.29, 1.82) is 5.26 Å². The molecular weight excluding hydrogens is 262 g/mol. The van der Waals surface area contributed by atoms with Crippen LogP contribution in [-0.4, -0.2) is 17.0 Å². The average Bonchev–Trinajstić information content (AvgIpc) is 2.47. The van der Waals surface area contributed by atoms with E-state index in [9.17, 15) is 10.1 Å². The van der Waals surface area contributed by atoms with Gasteiger partial charge in [0.25, 0.3) is 5.69 Å². The third-order valence-electron chi connectivity index (χ3n) is 2.43. The third kappa shape index (κ3) is 2.81. The number of rotatable bonds is 4. The number of nitro benzene ring substituents is 1. The van der Waals surface area contributed by atoms with E-state index in [4.69, 9.17) is 14.7 Å². The van der Waals surface area contributed by atoms with Crippen molar-refractivity contribution >= 4 is 5.69 Å². The van der Waals surface area contributed by atoms with Crippen LogP contribution in [0.5, 0.6) is 17.2 Å². The van der Waals surface area contributed by atoms with Crippen molar-refractivity contribution in [3.63, 3.8) is 0 Å². The summed E-state index contributed by atoms with van der Waals surface area (Å²) in [6.45, 7) is 0. The highest BCUT2D eigenvalue weighted by atomic mass is 16.6. The molecule has 0 radical (unpaired) electrons. The molecule has 20 heavy (non-hydrogen) atoms. The molecule has 0 fully saturated rings. The smallest absolute Gasteiger partial charge is 0.273 e. The lowest BCUT2D eigenvalue weighted by molar-refractivity contribution is -0.384. The maximum Gasteiger partial charge on any atom is 0.273 e. The molecule has 7 nitrogen and oxygen atoms in total. The summed E-state index contributed by atoms with van der Waals surface area (Å²) in [4.78, 5) is 14.0. The molecule has 1 heterocycles. The van der Waals surface area contributed by atoms with Crippen molar-refractivity contribution < 1.29 is 14.4 Å². The average molecular weight is 271 g/mol. The highest BCUT2D eigenvalue weighted by molar-refractivity contribution is 5.50. The molecule has 1 aromatic heterocycles. The Bertz CT molecular complexity index is 694. The van der Waals surface area contributed by atoms with E-state index in [1.54, 1.807) is 6.07 Å². The summed E-state index contributed by atoms with van der Waals surface area (Å²) in [7, 11) is 1.39. The topological polar surface area (TPSA) is 98.3 Å². The normalized spacial score (nSPS) is 9.60. The van der Waals surface area contributed by atoms with E-state index in [2.05, 4.69) is 4.98 Å². The van der Waals surface area contributed by atoms with Crippen molar-refractivity contribution in [2.75, 3.05) is 7.11 Å². The summed E-state index contributed by atoms with van der Waals surface area (Å²) in [5, 5.41) is 19.4. The predicted octanol–water partition coefficient (Wildman–Crippen LogP) is 2.66. The second-order valence-corrected chi connectivity index (χ2v) is 3.68. The number of nitrogens with zero attached hydrogens (tertiary/aromatic N) is 3. The molecule has 0 unspecified atom stereocenters. The van der Waals surface area contributed by atoms with E-state index < -0.39 is 4.92 Å². The minimum atomic E-state index is -0.521. The van der Waals surface area contributed by atoms with Gasteiger partial charge in [-0.1, -0.05) is 0 Å². The van der Waals surface area contributed by atoms with E-state index in [1.165, 1.54) is 37.6 Å². The number of hydrogen-bond donors (Lipinski definition) is 0. The van der Waals surface area contributed by atoms with Crippen LogP contribution in [0.15, 0.2) is 36.5 Å². The van der Waals surface area contributed by atoms with Gasteiger partial charge >= 0.3 is 0 Å². The van der Waals surface area contributed by atoms with Crippen LogP contribution in [-0.2, 0) is 0 Å². The highest BCUT2D eigenvalue weighted by Crippen LogP contribution is 2.34. The first kappa shape index (κ1) is 13.3. The van der Waals surface area contributed by atoms with Crippen molar-refractivity contribution in [3.05, 3.63) is 52.3 Å². The lowest BCUT2D eigenvalue weighted by Crippen LogP contribution is -1.94. The summed E-state index contributed by atoms with van der Waals surface area (Å²) in [6, 6.07) is 8.93. The van der Waals surface area contributed by atoms with Gasteiger partial charge in [-0.25, -0.2) is 4.98 Å². The second kappa shape index (κ2) is 5.67. The maximum atomic E-state index is 10.7. The van der Waals surface area contributed by atoms with Crippen LogP contribution in [0.2, 0.25) is 0 Å². The number of hydrogen-bond acceptors (Lipinski definition) is 6. The minimum Gasteiger partial charge on any atom is -0.493 e. The zero-order valence-electron chi connectivity index (χ0n) is 10.4. The van der Waals surface area contributed by atoms with Crippen LogP contribution >= 0.6 is 0 Å². The molecular formula is C13H9N3O4. The van der Waals surface area contributed by atoms with Gasteiger partial charge in [0.1, 0.15) is 17.5 Å². The first-order chi connectivity index (χ1) is 9.63. The van der Waals surface area contributed by atoms with Crippen LogP contribution in [0.4, 0.5) is 5.69 Å². The standard InChI is InChI=1S/C13H9N3O4/c1-19-13-7-10(16(17)18)2-3-12(13)20-11-4-5-15-9(6-11)8-14/h2-7H,1H3. The van der Waals surface area contributed by atoms with E-state index in [-0.39, 0.29) is 17.1 Å². The SMILES string of the molecule is COc1cc([N+](=O)[O-])ccc1Oc1ccnc(C#N)c1. The predicted molar refractivity (Wildman–Crippen MR) is 68.7 cm³/mol. The molecule has 0 amide bonds. The number of nitro groups is 1. The third-order valence-corrected chi connectivity index (χ3v) is 2.43. The van der Waals surface area contributed by atoms with Crippen molar-refractivity contribution in [1.82, 2.24) is 4.98 Å². The zero-order valence-corrected chi connectivity index (χ0v) is 10.4. The minimum absolute atomic E-state index is 0.0957. The van der Waals surface area contributed by atoms with E-state index in [1.807, 2.05) is 6.07 Å². The first-order valence-electron chi connectivity index (χ1n) is 5.50. The Morgan fingerprint density at radius 1 is 1.30 bits per heavy atom. The number of nitriles is 1. The second-order valence-electron chi connectivity index (χ2n) is 3.68. The number of ether oxygens (including phenoxy) is 2. The van der Waals surface area contributed by atoms with Crippen LogP contribution in [0.1, 0.15) is 5.69 Å². The molecule has 0 aliphatic heterocycles. The summed E-state index contributed by atoms with van der Waals surface area (Å²) in [5.74, 6) is 0.936. The molecule has 0 atom stereocenters. The van der Waals surface area contributed by atoms with E-state index in [0.717, 1.165) is 0 Å². The largest absolute Gasteiger partial charge is 0.493 e. The molecule has 1 aromatic carbocycles. The van der Waals surface area contributed by atoms with Gasteiger partial charge in [-0.05, 0) is 12.1 Å². The van der Waals surface area contributed by atoms with Gasteiger partial charge < -0.3 is 9.47 Å². The number of methoxy groups -OCH3 is 1. The fraction of sp³-hybridized carbons (Fsp3) is 0.0769. The molecule has 100 valence electrons. The Hall–Kier alpha value is -3.14. The Labute approximate surface area is 114 Å². The lowest BCUT2D eigenvalue weighted by Gasteiger charge is -2.09. The molecule has 2 aromatic rings. The molecule has 7 heteroatoms. The number of benzene rings is 1. The van der Waals surface area contributed by atoms with Gasteiger partial charge in [0.15, 0.2) is 11.5 Å². The molecule has 0 bridgehead atoms. The molecule has 0 saturated heterocycles. The fourth-order valence-electron chi connectivity index (χ4n) is 1.52. The van der Waals surface area contributed by atoms with Gasteiger partial charge in [0.2, 0.25) is 0 Å². The van der Waals surface area contributed by atoms with Crippen LogP contribution < -0.4 is 9.47 Å². The maximum absolute atomic E-state index is 10.7. The molecule has 0 spiro atoms. The number of pyridine rings is 1. The molecule has 0 saturated carbocycles. The zero-order chi connectivity index (χ0) is 14.5. The van der Waals surface area contributed by atoms with Gasteiger partial charge in [-0.3, -0.25) is 10.1 Å². The first-order valence-corrected chi connectivity index (χ1v) is 5.50. The van der Waals surface area contributed by atoms with Crippen molar-refractivity contribution in [2.45, 2.75) is 0 Å². The van der Waals surface area contributed by atoms with Crippen LogP contribution in [0, 0.1) is 21.4 Å². The van der Waals surface area contributed by atoms with E-state index >= 15 is 0 Å². The van der Waals surface area contributed by atoms with Gasteiger partial charge in [-0.15, -0.1) is 0 Å². The Morgan fingerprint density at radius 2 is 2.10 bits per heavy atom. The van der Waals surface area contributed by atoms with Gasteiger partial charge in [0, 0.05) is 18.3 Å². The van der Waals surface area contributed by atoms with Gasteiger partial charge in [0.05, 0.1) is 18.1 Å². The summed E-state index contributed by atoms with van der Waals surface area (Å²) >= 11 is 0. The number of non-ortho nitro benzene ring substituents is 1. The fourth-order valence-corrected chi connectivity index (χ4v) is 1.52. The van der Waals surface area contributed by atoms with E-state index in [0.29, 0.717) is 11.5 Å². The summed E-state index contributed by atoms with van der Waals surface area (Å²) in [6.07, 6.45) is 1.44. The van der Waals surface area contributed by atoms with Crippen molar-refractivity contribution in [3.8, 4) is 23.3 Å². The molecule has 0 N–H and O–H groups in total. The molecule has 2 rings (SSSR count). The quantitative estimate of drug-likeness (QED) is 0.626. The molecule has 0 aliphatic carbocycles. The van der Waals surface area contributed by atoms with Crippen LogP contribution in [0.25, 0.3) is 0 Å². The number of aromatic nitrogens is 1.